The van der Waals surface area contributed by atoms with Crippen molar-refractivity contribution in [2.75, 3.05) is 7.11 Å². The van der Waals surface area contributed by atoms with Crippen LogP contribution in [0.1, 0.15) is 5.56 Å². The minimum atomic E-state index is -1.47. The van der Waals surface area contributed by atoms with Gasteiger partial charge >= 0.3 is 0 Å². The van der Waals surface area contributed by atoms with E-state index in [4.69, 9.17) is 9.16 Å². The van der Waals surface area contributed by atoms with Crippen molar-refractivity contribution in [2.45, 2.75) is 19.6 Å². The first-order valence-corrected chi connectivity index (χ1v) is 8.41. The number of hydrogen-bond acceptors (Lipinski definition) is 2. The molecule has 0 amide bonds. The van der Waals surface area contributed by atoms with Crippen LogP contribution in [0.25, 0.3) is 6.08 Å². The van der Waals surface area contributed by atoms with Gasteiger partial charge in [-0.25, -0.2) is 0 Å². The first kappa shape index (κ1) is 11.8. The van der Waals surface area contributed by atoms with Crippen molar-refractivity contribution in [3.8, 4) is 5.75 Å². The second-order valence-electron chi connectivity index (χ2n) is 4.27. The molecule has 1 aromatic carbocycles. The van der Waals surface area contributed by atoms with Crippen molar-refractivity contribution in [2.24, 2.45) is 0 Å². The van der Waals surface area contributed by atoms with E-state index in [-0.39, 0.29) is 0 Å². The van der Waals surface area contributed by atoms with E-state index in [0.717, 1.165) is 11.3 Å². The maximum Gasteiger partial charge on any atom is 0.241 e. The van der Waals surface area contributed by atoms with E-state index in [1.807, 2.05) is 30.3 Å². The molecule has 0 heterocycles. The molecule has 0 fully saturated rings. The molecule has 1 aromatic rings. The van der Waals surface area contributed by atoms with Gasteiger partial charge in [-0.1, -0.05) is 18.2 Å². The molecule has 0 spiro atoms. The number of benzene rings is 1. The molecule has 82 valence electrons. The normalized spacial score (nSPS) is 11.7. The second-order valence-corrected chi connectivity index (χ2v) is 8.74. The van der Waals surface area contributed by atoms with Crippen molar-refractivity contribution >= 4 is 14.4 Å². The Kier molecular flexibility index (Phi) is 3.97. The number of ether oxygens (including phenoxy) is 1. The van der Waals surface area contributed by atoms with Gasteiger partial charge in [0.25, 0.3) is 0 Å². The van der Waals surface area contributed by atoms with Gasteiger partial charge in [0.2, 0.25) is 8.32 Å². The van der Waals surface area contributed by atoms with Crippen molar-refractivity contribution in [3.63, 3.8) is 0 Å². The molecule has 0 atom stereocenters. The monoisotopic (exact) mass is 222 g/mol. The van der Waals surface area contributed by atoms with Crippen LogP contribution in [-0.4, -0.2) is 15.4 Å². The average molecular weight is 222 g/mol. The standard InChI is InChI=1S/C12H18O2Si/c1-13-12-8-6-5-7-11(12)9-10-14-15(2,3)4/h5-10H,1-4H3. The maximum atomic E-state index is 5.64. The predicted octanol–water partition coefficient (Wildman–Crippen LogP) is 3.52. The molecule has 0 saturated heterocycles. The summed E-state index contributed by atoms with van der Waals surface area (Å²) < 4.78 is 10.9. The van der Waals surface area contributed by atoms with Crippen LogP contribution in [0, 0.1) is 0 Å². The van der Waals surface area contributed by atoms with Crippen LogP contribution in [0.4, 0.5) is 0 Å². The Labute approximate surface area is 92.7 Å². The van der Waals surface area contributed by atoms with Crippen LogP contribution in [-0.2, 0) is 4.43 Å². The third-order valence-electron chi connectivity index (χ3n) is 1.81. The van der Waals surface area contributed by atoms with E-state index in [0.29, 0.717) is 0 Å². The molecule has 2 nitrogen and oxygen atoms in total. The predicted molar refractivity (Wildman–Crippen MR) is 66.5 cm³/mol. The fourth-order valence-corrected chi connectivity index (χ4v) is 1.59. The van der Waals surface area contributed by atoms with E-state index >= 15 is 0 Å². The SMILES string of the molecule is COc1ccccc1C=CO[Si](C)(C)C. The Morgan fingerprint density at radius 1 is 1.13 bits per heavy atom. The molecule has 0 aromatic heterocycles. The topological polar surface area (TPSA) is 18.5 Å². The van der Waals surface area contributed by atoms with Crippen LogP contribution in [0.3, 0.4) is 0 Å². The largest absolute Gasteiger partial charge is 0.550 e. The first-order valence-electron chi connectivity index (χ1n) is 5.00. The van der Waals surface area contributed by atoms with Gasteiger partial charge in [0.1, 0.15) is 5.75 Å². The summed E-state index contributed by atoms with van der Waals surface area (Å²) in [5, 5.41) is 0. The zero-order valence-electron chi connectivity index (χ0n) is 9.78. The van der Waals surface area contributed by atoms with Gasteiger partial charge in [0, 0.05) is 5.56 Å². The van der Waals surface area contributed by atoms with E-state index < -0.39 is 8.32 Å². The number of para-hydroxylation sites is 1. The minimum Gasteiger partial charge on any atom is -0.550 e. The molecule has 1 rings (SSSR count). The van der Waals surface area contributed by atoms with Crippen molar-refractivity contribution in [1.82, 2.24) is 0 Å². The summed E-state index contributed by atoms with van der Waals surface area (Å²) in [6.45, 7) is 6.46. The lowest BCUT2D eigenvalue weighted by molar-refractivity contribution is 0.413. The highest BCUT2D eigenvalue weighted by atomic mass is 28.4. The van der Waals surface area contributed by atoms with Gasteiger partial charge in [-0.15, -0.1) is 0 Å². The first-order chi connectivity index (χ1) is 7.03. The molecule has 0 unspecified atom stereocenters. The Morgan fingerprint density at radius 2 is 1.80 bits per heavy atom. The highest BCUT2D eigenvalue weighted by Crippen LogP contribution is 2.19. The number of rotatable bonds is 4. The third-order valence-corrected chi connectivity index (χ3v) is 2.65. The zero-order valence-corrected chi connectivity index (χ0v) is 10.8. The quantitative estimate of drug-likeness (QED) is 0.573. The highest BCUT2D eigenvalue weighted by molar-refractivity contribution is 6.69. The Hall–Kier alpha value is -1.22. The Bertz CT molecular complexity index is 340. The van der Waals surface area contributed by atoms with Gasteiger partial charge in [0.05, 0.1) is 13.4 Å². The van der Waals surface area contributed by atoms with Crippen LogP contribution < -0.4 is 4.74 Å². The number of methoxy groups -OCH3 is 1. The van der Waals surface area contributed by atoms with Crippen LogP contribution in [0.15, 0.2) is 30.5 Å². The molecule has 3 heteroatoms. The van der Waals surface area contributed by atoms with Crippen LogP contribution in [0.5, 0.6) is 5.75 Å². The molecule has 0 N–H and O–H groups in total. The Morgan fingerprint density at radius 3 is 2.40 bits per heavy atom. The summed E-state index contributed by atoms with van der Waals surface area (Å²) in [5.41, 5.74) is 1.04. The van der Waals surface area contributed by atoms with Crippen molar-refractivity contribution in [3.05, 3.63) is 36.1 Å². The zero-order chi connectivity index (χ0) is 11.3. The van der Waals surface area contributed by atoms with E-state index in [1.165, 1.54) is 0 Å². The molecular weight excluding hydrogens is 204 g/mol. The van der Waals surface area contributed by atoms with Crippen molar-refractivity contribution < 1.29 is 9.16 Å². The molecule has 0 aliphatic rings. The number of hydrogen-bond donors (Lipinski definition) is 0. The molecular formula is C12H18O2Si. The molecule has 0 saturated carbocycles. The summed E-state index contributed by atoms with van der Waals surface area (Å²) in [4.78, 5) is 0. The Balaban J connectivity index is 2.72. The smallest absolute Gasteiger partial charge is 0.241 e. The van der Waals surface area contributed by atoms with E-state index in [2.05, 4.69) is 19.6 Å². The van der Waals surface area contributed by atoms with Gasteiger partial charge in [0.15, 0.2) is 0 Å². The van der Waals surface area contributed by atoms with E-state index in [1.54, 1.807) is 13.4 Å². The van der Waals surface area contributed by atoms with Gasteiger partial charge in [-0.2, -0.15) is 0 Å². The van der Waals surface area contributed by atoms with Crippen LogP contribution >= 0.6 is 0 Å². The van der Waals surface area contributed by atoms with Crippen LogP contribution in [0.2, 0.25) is 19.6 Å². The molecule has 0 aliphatic carbocycles. The lowest BCUT2D eigenvalue weighted by atomic mass is 10.2. The van der Waals surface area contributed by atoms with Gasteiger partial charge < -0.3 is 9.16 Å². The minimum absolute atomic E-state index is 0.868. The van der Waals surface area contributed by atoms with Crippen molar-refractivity contribution in [1.29, 1.82) is 0 Å². The molecule has 0 bridgehead atoms. The molecule has 0 aliphatic heterocycles. The van der Waals surface area contributed by atoms with Gasteiger partial charge in [-0.05, 0) is 31.8 Å². The highest BCUT2D eigenvalue weighted by Gasteiger charge is 2.12. The van der Waals surface area contributed by atoms with Gasteiger partial charge in [-0.3, -0.25) is 0 Å². The maximum absolute atomic E-state index is 5.64. The summed E-state index contributed by atoms with van der Waals surface area (Å²) in [7, 11) is 0.206. The summed E-state index contributed by atoms with van der Waals surface area (Å²) in [5.74, 6) is 0.868. The summed E-state index contributed by atoms with van der Waals surface area (Å²) >= 11 is 0. The summed E-state index contributed by atoms with van der Waals surface area (Å²) in [6.07, 6.45) is 3.71. The fourth-order valence-electron chi connectivity index (χ4n) is 1.12. The lowest BCUT2D eigenvalue weighted by Crippen LogP contribution is -2.21. The average Bonchev–Trinajstić information content (AvgIpc) is 2.16. The van der Waals surface area contributed by atoms with E-state index in [9.17, 15) is 0 Å². The molecule has 15 heavy (non-hydrogen) atoms. The summed E-state index contributed by atoms with van der Waals surface area (Å²) in [6, 6.07) is 7.88. The lowest BCUT2D eigenvalue weighted by Gasteiger charge is -2.14. The molecule has 0 radical (unpaired) electrons. The third kappa shape index (κ3) is 4.21. The fraction of sp³-hybridized carbons (Fsp3) is 0.333. The second kappa shape index (κ2) is 5.03.